The van der Waals surface area contributed by atoms with Gasteiger partial charge in [-0.05, 0) is 17.2 Å². The molecule has 5 N–H and O–H groups in total. The second-order valence-electron chi connectivity index (χ2n) is 7.29. The number of benzene rings is 1. The van der Waals surface area contributed by atoms with E-state index in [1.54, 1.807) is 24.3 Å². The van der Waals surface area contributed by atoms with Crippen LogP contribution in [0.2, 0.25) is 0 Å². The number of H-pyrrole nitrogens is 1. The molecule has 12 heteroatoms. The Balaban J connectivity index is 1.43. The Bertz CT molecular complexity index is 1100. The van der Waals surface area contributed by atoms with E-state index in [0.717, 1.165) is 12.2 Å². The van der Waals surface area contributed by atoms with Crippen LogP contribution >= 0.6 is 23.5 Å². The molecule has 2 atom stereocenters. The van der Waals surface area contributed by atoms with Crippen molar-refractivity contribution in [3.05, 3.63) is 46.9 Å². The maximum Gasteiger partial charge on any atom is 0.352 e. The molecule has 1 aromatic heterocycles. The van der Waals surface area contributed by atoms with Crippen LogP contribution in [-0.4, -0.2) is 65.9 Å². The van der Waals surface area contributed by atoms with E-state index in [0.29, 0.717) is 33.5 Å². The maximum absolute atomic E-state index is 12.8. The Labute approximate surface area is 192 Å². The van der Waals surface area contributed by atoms with Gasteiger partial charge in [0.2, 0.25) is 11.1 Å². The van der Waals surface area contributed by atoms with Gasteiger partial charge in [-0.3, -0.25) is 19.6 Å². The highest BCUT2D eigenvalue weighted by molar-refractivity contribution is 8.01. The molecule has 1 unspecified atom stereocenters. The monoisotopic (exact) mass is 474 g/mol. The summed E-state index contributed by atoms with van der Waals surface area (Å²) in [6, 6.07) is 6.27. The van der Waals surface area contributed by atoms with E-state index in [2.05, 4.69) is 20.5 Å². The van der Waals surface area contributed by atoms with Gasteiger partial charge in [0.05, 0.1) is 6.42 Å². The van der Waals surface area contributed by atoms with E-state index in [1.165, 1.54) is 28.4 Å². The number of carbonyl (C=O) groups excluding carboxylic acids is 2. The van der Waals surface area contributed by atoms with Gasteiger partial charge in [0, 0.05) is 23.6 Å². The molecule has 2 amide bonds. The first-order valence-electron chi connectivity index (χ1n) is 9.95. The molecule has 0 bridgehead atoms. The molecule has 1 fully saturated rings. The predicted octanol–water partition coefficient (Wildman–Crippen LogP) is 1.02. The summed E-state index contributed by atoms with van der Waals surface area (Å²) in [7, 11) is 0. The first kappa shape index (κ1) is 22.2. The molecule has 0 aliphatic carbocycles. The zero-order chi connectivity index (χ0) is 22.8. The number of hydrogen-bond donors (Lipinski definition) is 4. The number of thioether (sulfide) groups is 2. The van der Waals surface area contributed by atoms with Crippen LogP contribution in [0.15, 0.2) is 40.7 Å². The molecular weight excluding hydrogens is 452 g/mol. The predicted molar refractivity (Wildman–Crippen MR) is 121 cm³/mol. The average molecular weight is 475 g/mol. The summed E-state index contributed by atoms with van der Waals surface area (Å²) in [5.74, 6) is -0.373. The van der Waals surface area contributed by atoms with Crippen LogP contribution in [0.5, 0.6) is 0 Å². The molecule has 2 aromatic rings. The minimum atomic E-state index is -1.16. The molecule has 10 nitrogen and oxygen atoms in total. The standard InChI is InChI=1S/C20H22N6O4S2/c1-2-13-22-20(25-24-13)32-9-11-8-31-18-15(17(28)26(18)16(11)19(29)30)23-14(27)7-10-5-3-4-6-12(10)21/h3-6,15,18H,2,7-9,21H2,1H3,(H,23,27)(H,29,30)(H,22,24,25)/t15?,18-/m1/s1. The van der Waals surface area contributed by atoms with E-state index in [9.17, 15) is 19.5 Å². The number of nitrogen functional groups attached to an aromatic ring is 1. The molecule has 3 heterocycles. The molecule has 1 aromatic carbocycles. The number of nitrogens with one attached hydrogen (secondary N) is 2. The lowest BCUT2D eigenvalue weighted by Crippen LogP contribution is -2.70. The van der Waals surface area contributed by atoms with Crippen LogP contribution in [0, 0.1) is 0 Å². The average Bonchev–Trinajstić information content (AvgIpc) is 3.25. The van der Waals surface area contributed by atoms with Crippen LogP contribution < -0.4 is 11.1 Å². The quantitative estimate of drug-likeness (QED) is 0.249. The van der Waals surface area contributed by atoms with Gasteiger partial charge >= 0.3 is 5.97 Å². The number of carboxylic acids is 1. The number of aliphatic carboxylic acids is 1. The summed E-state index contributed by atoms with van der Waals surface area (Å²) >= 11 is 2.75. The fourth-order valence-corrected chi connectivity index (χ4v) is 5.84. The van der Waals surface area contributed by atoms with E-state index < -0.39 is 23.3 Å². The van der Waals surface area contributed by atoms with Gasteiger partial charge in [0.15, 0.2) is 0 Å². The smallest absolute Gasteiger partial charge is 0.352 e. The van der Waals surface area contributed by atoms with Crippen LogP contribution in [-0.2, 0) is 27.2 Å². The second-order valence-corrected chi connectivity index (χ2v) is 9.34. The largest absolute Gasteiger partial charge is 0.477 e. The molecule has 0 spiro atoms. The van der Waals surface area contributed by atoms with Crippen molar-refractivity contribution in [1.29, 1.82) is 0 Å². The molecule has 2 aliphatic heterocycles. The van der Waals surface area contributed by atoms with Gasteiger partial charge in [0.25, 0.3) is 5.91 Å². The molecule has 1 saturated heterocycles. The van der Waals surface area contributed by atoms with Crippen molar-refractivity contribution in [3.63, 3.8) is 0 Å². The van der Waals surface area contributed by atoms with Crippen molar-refractivity contribution in [2.45, 2.75) is 36.3 Å². The fourth-order valence-electron chi connectivity index (χ4n) is 3.54. The van der Waals surface area contributed by atoms with Gasteiger partial charge in [-0.15, -0.1) is 16.9 Å². The highest BCUT2D eigenvalue weighted by Gasteiger charge is 2.54. The van der Waals surface area contributed by atoms with Crippen molar-refractivity contribution in [3.8, 4) is 0 Å². The lowest BCUT2D eigenvalue weighted by atomic mass is 10.0. The van der Waals surface area contributed by atoms with Crippen LogP contribution in [0.4, 0.5) is 5.69 Å². The SMILES string of the molecule is CCc1nc(SCC2=C(C(=O)O)N3C(=O)C(NC(=O)Cc4ccccc4N)[C@H]3SC2)n[nH]1. The third-order valence-corrected chi connectivity index (χ3v) is 7.47. The number of aromatic amines is 1. The third-order valence-electron chi connectivity index (χ3n) is 5.19. The molecule has 0 radical (unpaired) electrons. The number of carboxylic acid groups (broad SMARTS) is 1. The van der Waals surface area contributed by atoms with Crippen molar-refractivity contribution >= 4 is 47.0 Å². The van der Waals surface area contributed by atoms with Gasteiger partial charge in [-0.1, -0.05) is 36.9 Å². The van der Waals surface area contributed by atoms with Crippen LogP contribution in [0.3, 0.4) is 0 Å². The lowest BCUT2D eigenvalue weighted by Gasteiger charge is -2.49. The third kappa shape index (κ3) is 4.32. The molecular formula is C20H22N6O4S2. The minimum absolute atomic E-state index is 0.0182. The first-order valence-corrected chi connectivity index (χ1v) is 12.0. The number of nitrogens with zero attached hydrogens (tertiary/aromatic N) is 3. The topological polar surface area (TPSA) is 154 Å². The van der Waals surface area contributed by atoms with Gasteiger partial charge in [-0.25, -0.2) is 9.78 Å². The van der Waals surface area contributed by atoms with Crippen molar-refractivity contribution in [2.75, 3.05) is 17.2 Å². The summed E-state index contributed by atoms with van der Waals surface area (Å²) in [6.45, 7) is 1.96. The highest BCUT2D eigenvalue weighted by Crippen LogP contribution is 2.41. The zero-order valence-corrected chi connectivity index (χ0v) is 18.8. The number of nitrogens with two attached hydrogens (primary N) is 1. The number of para-hydroxylation sites is 1. The normalized spacial score (nSPS) is 20.0. The second kappa shape index (κ2) is 9.25. The van der Waals surface area contributed by atoms with Gasteiger partial charge < -0.3 is 16.2 Å². The summed E-state index contributed by atoms with van der Waals surface area (Å²) < 4.78 is 0. The number of carbonyl (C=O) groups is 3. The number of hydrogen-bond acceptors (Lipinski definition) is 8. The number of amides is 2. The van der Waals surface area contributed by atoms with Gasteiger partial charge in [0.1, 0.15) is 22.9 Å². The van der Waals surface area contributed by atoms with Crippen LogP contribution in [0.1, 0.15) is 18.3 Å². The Morgan fingerprint density at radius 3 is 2.88 bits per heavy atom. The fraction of sp³-hybridized carbons (Fsp3) is 0.350. The zero-order valence-electron chi connectivity index (χ0n) is 17.2. The number of aromatic nitrogens is 3. The number of β-lactam (4-membered cyclic amide) rings is 1. The summed E-state index contributed by atoms with van der Waals surface area (Å²) in [6.07, 6.45) is 0.772. The minimum Gasteiger partial charge on any atom is -0.477 e. The molecule has 2 aliphatic rings. The van der Waals surface area contributed by atoms with E-state index in [1.807, 2.05) is 6.92 Å². The first-order chi connectivity index (χ1) is 15.4. The Morgan fingerprint density at radius 2 is 2.19 bits per heavy atom. The Kier molecular flexibility index (Phi) is 6.42. The number of anilines is 1. The van der Waals surface area contributed by atoms with E-state index in [-0.39, 0.29) is 18.0 Å². The lowest BCUT2D eigenvalue weighted by molar-refractivity contribution is -0.150. The molecule has 4 rings (SSSR count). The van der Waals surface area contributed by atoms with Crippen molar-refractivity contribution < 1.29 is 19.5 Å². The van der Waals surface area contributed by atoms with Crippen LogP contribution in [0.25, 0.3) is 0 Å². The van der Waals surface area contributed by atoms with E-state index in [4.69, 9.17) is 5.73 Å². The Morgan fingerprint density at radius 1 is 1.41 bits per heavy atom. The maximum atomic E-state index is 12.8. The molecule has 168 valence electrons. The number of fused-ring (bicyclic) bond motifs is 1. The Hall–Kier alpha value is -2.99. The van der Waals surface area contributed by atoms with Crippen molar-refractivity contribution in [1.82, 2.24) is 25.4 Å². The highest BCUT2D eigenvalue weighted by atomic mass is 32.2. The number of rotatable bonds is 8. The summed E-state index contributed by atoms with van der Waals surface area (Å²) in [5.41, 5.74) is 7.67. The molecule has 0 saturated carbocycles. The molecule has 32 heavy (non-hydrogen) atoms. The summed E-state index contributed by atoms with van der Waals surface area (Å²) in [4.78, 5) is 42.8. The number of aryl methyl sites for hydroxylation is 1. The summed E-state index contributed by atoms with van der Waals surface area (Å²) in [5, 5.41) is 19.5. The van der Waals surface area contributed by atoms with E-state index >= 15 is 0 Å². The van der Waals surface area contributed by atoms with Gasteiger partial charge in [-0.2, -0.15) is 0 Å². The van der Waals surface area contributed by atoms with Crippen molar-refractivity contribution in [2.24, 2.45) is 0 Å².